The number of carbonyl (C=O) groups is 1. The van der Waals surface area contributed by atoms with Crippen molar-refractivity contribution < 1.29 is 14.3 Å². The van der Waals surface area contributed by atoms with Crippen molar-refractivity contribution in [2.45, 2.75) is 6.42 Å². The molecule has 0 heterocycles. The second kappa shape index (κ2) is 8.29. The average Bonchev–Trinajstić information content (AvgIpc) is 2.57. The van der Waals surface area contributed by atoms with Crippen molar-refractivity contribution in [2.75, 3.05) is 26.1 Å². The number of nitrogens with one attached hydrogen (secondary N) is 2. The van der Waals surface area contributed by atoms with E-state index in [0.717, 1.165) is 12.0 Å². The Balaban J connectivity index is 1.86. The summed E-state index contributed by atoms with van der Waals surface area (Å²) in [6.07, 6.45) is 0.727. The van der Waals surface area contributed by atoms with Crippen molar-refractivity contribution in [3.63, 3.8) is 0 Å². The largest absolute Gasteiger partial charge is 0.497 e. The maximum absolute atomic E-state index is 11.9. The third-order valence-electron chi connectivity index (χ3n) is 3.27. The minimum atomic E-state index is -0.289. The fourth-order valence-corrected chi connectivity index (χ4v) is 2.17. The lowest BCUT2D eigenvalue weighted by Gasteiger charge is -2.12. The summed E-state index contributed by atoms with van der Waals surface area (Å²) >= 11 is 5.84. The van der Waals surface area contributed by atoms with Gasteiger partial charge >= 0.3 is 6.03 Å². The second-order valence-electron chi connectivity index (χ2n) is 4.82. The highest BCUT2D eigenvalue weighted by Gasteiger charge is 2.08. The van der Waals surface area contributed by atoms with Crippen LogP contribution in [0.3, 0.4) is 0 Å². The first-order valence-corrected chi connectivity index (χ1v) is 7.51. The number of urea groups is 1. The molecule has 0 atom stereocenters. The summed E-state index contributed by atoms with van der Waals surface area (Å²) in [5.41, 5.74) is 1.69. The molecule has 23 heavy (non-hydrogen) atoms. The van der Waals surface area contributed by atoms with E-state index in [9.17, 15) is 4.79 Å². The number of methoxy groups -OCH3 is 2. The van der Waals surface area contributed by atoms with E-state index in [-0.39, 0.29) is 6.03 Å². The van der Waals surface area contributed by atoms with Gasteiger partial charge in [0.1, 0.15) is 11.5 Å². The first-order valence-electron chi connectivity index (χ1n) is 7.13. The van der Waals surface area contributed by atoms with Gasteiger partial charge in [-0.15, -0.1) is 0 Å². The van der Waals surface area contributed by atoms with E-state index in [2.05, 4.69) is 10.6 Å². The highest BCUT2D eigenvalue weighted by molar-refractivity contribution is 6.30. The van der Waals surface area contributed by atoms with Crippen molar-refractivity contribution in [1.29, 1.82) is 0 Å². The fourth-order valence-electron chi connectivity index (χ4n) is 2.04. The Morgan fingerprint density at radius 2 is 1.83 bits per heavy atom. The molecular weight excluding hydrogens is 316 g/mol. The van der Waals surface area contributed by atoms with E-state index in [1.807, 2.05) is 24.3 Å². The number of hydrogen-bond acceptors (Lipinski definition) is 3. The van der Waals surface area contributed by atoms with Gasteiger partial charge in [-0.2, -0.15) is 0 Å². The number of benzene rings is 2. The van der Waals surface area contributed by atoms with Crippen molar-refractivity contribution in [1.82, 2.24) is 5.32 Å². The normalized spacial score (nSPS) is 10.0. The number of halogens is 1. The Bertz CT molecular complexity index is 659. The molecule has 0 fully saturated rings. The molecule has 0 aliphatic heterocycles. The number of rotatable bonds is 6. The lowest BCUT2D eigenvalue weighted by atomic mass is 10.1. The summed E-state index contributed by atoms with van der Waals surface area (Å²) in [5, 5.41) is 6.26. The molecule has 2 amide bonds. The SMILES string of the molecule is COc1ccc(NC(=O)NCCc2ccc(Cl)cc2)c(OC)c1. The second-order valence-corrected chi connectivity index (χ2v) is 5.26. The van der Waals surface area contributed by atoms with Gasteiger partial charge in [0, 0.05) is 17.6 Å². The molecule has 5 nitrogen and oxygen atoms in total. The monoisotopic (exact) mass is 334 g/mol. The Morgan fingerprint density at radius 3 is 2.48 bits per heavy atom. The maximum Gasteiger partial charge on any atom is 0.319 e. The summed E-state index contributed by atoms with van der Waals surface area (Å²) < 4.78 is 10.4. The summed E-state index contributed by atoms with van der Waals surface area (Å²) in [4.78, 5) is 11.9. The highest BCUT2D eigenvalue weighted by Crippen LogP contribution is 2.28. The van der Waals surface area contributed by atoms with Gasteiger partial charge in [-0.05, 0) is 36.2 Å². The number of carbonyl (C=O) groups excluding carboxylic acids is 1. The van der Waals surface area contributed by atoms with Crippen LogP contribution in [0.1, 0.15) is 5.56 Å². The Labute approximate surface area is 140 Å². The molecule has 0 radical (unpaired) electrons. The van der Waals surface area contributed by atoms with E-state index >= 15 is 0 Å². The minimum Gasteiger partial charge on any atom is -0.497 e. The van der Waals surface area contributed by atoms with Gasteiger partial charge in [-0.25, -0.2) is 4.79 Å². The van der Waals surface area contributed by atoms with Gasteiger partial charge in [0.25, 0.3) is 0 Å². The van der Waals surface area contributed by atoms with Crippen LogP contribution in [0.2, 0.25) is 5.02 Å². The molecule has 2 N–H and O–H groups in total. The average molecular weight is 335 g/mol. The predicted octanol–water partition coefficient (Wildman–Crippen LogP) is 3.72. The van der Waals surface area contributed by atoms with Crippen LogP contribution in [0.25, 0.3) is 0 Å². The minimum absolute atomic E-state index is 0.289. The molecule has 122 valence electrons. The number of amides is 2. The van der Waals surface area contributed by atoms with E-state index < -0.39 is 0 Å². The molecule has 0 aliphatic rings. The van der Waals surface area contributed by atoms with Gasteiger partial charge in [0.05, 0.1) is 19.9 Å². The lowest BCUT2D eigenvalue weighted by Crippen LogP contribution is -2.30. The van der Waals surface area contributed by atoms with Crippen molar-refractivity contribution in [2.24, 2.45) is 0 Å². The summed E-state index contributed by atoms with van der Waals surface area (Å²) in [5.74, 6) is 1.20. The summed E-state index contributed by atoms with van der Waals surface area (Å²) in [6, 6.07) is 12.5. The first-order chi connectivity index (χ1) is 11.1. The van der Waals surface area contributed by atoms with Gasteiger partial charge < -0.3 is 20.1 Å². The Morgan fingerprint density at radius 1 is 1.09 bits per heavy atom. The highest BCUT2D eigenvalue weighted by atomic mass is 35.5. The predicted molar refractivity (Wildman–Crippen MR) is 91.7 cm³/mol. The first kappa shape index (κ1) is 17.0. The zero-order valence-electron chi connectivity index (χ0n) is 13.1. The molecule has 2 rings (SSSR count). The van der Waals surface area contributed by atoms with Crippen LogP contribution in [-0.2, 0) is 6.42 Å². The van der Waals surface area contributed by atoms with Crippen LogP contribution in [0, 0.1) is 0 Å². The molecule has 0 saturated carbocycles. The van der Waals surface area contributed by atoms with Crippen LogP contribution in [0.15, 0.2) is 42.5 Å². The van der Waals surface area contributed by atoms with E-state index in [1.165, 1.54) is 0 Å². The topological polar surface area (TPSA) is 59.6 Å². The molecular formula is C17H19ClN2O3. The van der Waals surface area contributed by atoms with Gasteiger partial charge in [-0.1, -0.05) is 23.7 Å². The molecule has 0 spiro atoms. The molecule has 0 saturated heterocycles. The van der Waals surface area contributed by atoms with Crippen molar-refractivity contribution in [3.05, 3.63) is 53.1 Å². The molecule has 2 aromatic rings. The Hall–Kier alpha value is -2.40. The van der Waals surface area contributed by atoms with Crippen molar-refractivity contribution >= 4 is 23.3 Å². The molecule has 0 bridgehead atoms. The van der Waals surface area contributed by atoms with E-state index in [0.29, 0.717) is 28.8 Å². The van der Waals surface area contributed by atoms with Crippen LogP contribution < -0.4 is 20.1 Å². The Kier molecular flexibility index (Phi) is 6.11. The number of ether oxygens (including phenoxy) is 2. The summed E-state index contributed by atoms with van der Waals surface area (Å²) in [6.45, 7) is 0.520. The zero-order valence-corrected chi connectivity index (χ0v) is 13.8. The molecule has 0 aromatic heterocycles. The van der Waals surface area contributed by atoms with Gasteiger partial charge in [0.2, 0.25) is 0 Å². The lowest BCUT2D eigenvalue weighted by molar-refractivity contribution is 0.252. The molecule has 2 aromatic carbocycles. The summed E-state index contributed by atoms with van der Waals surface area (Å²) in [7, 11) is 3.11. The van der Waals surface area contributed by atoms with Crippen LogP contribution >= 0.6 is 11.6 Å². The van der Waals surface area contributed by atoms with Crippen LogP contribution in [0.4, 0.5) is 10.5 Å². The van der Waals surface area contributed by atoms with E-state index in [1.54, 1.807) is 32.4 Å². The van der Waals surface area contributed by atoms with Gasteiger partial charge in [-0.3, -0.25) is 0 Å². The fraction of sp³-hybridized carbons (Fsp3) is 0.235. The standard InChI is InChI=1S/C17H19ClN2O3/c1-22-14-7-8-15(16(11-14)23-2)20-17(21)19-10-9-12-3-5-13(18)6-4-12/h3-8,11H,9-10H2,1-2H3,(H2,19,20,21). The third-order valence-corrected chi connectivity index (χ3v) is 3.52. The number of hydrogen-bond donors (Lipinski definition) is 2. The smallest absolute Gasteiger partial charge is 0.319 e. The zero-order chi connectivity index (χ0) is 16.7. The van der Waals surface area contributed by atoms with Crippen molar-refractivity contribution in [3.8, 4) is 11.5 Å². The number of anilines is 1. The van der Waals surface area contributed by atoms with Crippen LogP contribution in [0.5, 0.6) is 11.5 Å². The molecule has 0 unspecified atom stereocenters. The third kappa shape index (κ3) is 5.07. The maximum atomic E-state index is 11.9. The van der Waals surface area contributed by atoms with Gasteiger partial charge in [0.15, 0.2) is 0 Å². The van der Waals surface area contributed by atoms with E-state index in [4.69, 9.17) is 21.1 Å². The molecule has 0 aliphatic carbocycles. The quantitative estimate of drug-likeness (QED) is 0.846. The van der Waals surface area contributed by atoms with Crippen LogP contribution in [-0.4, -0.2) is 26.8 Å². The molecule has 6 heteroatoms.